The van der Waals surface area contributed by atoms with Gasteiger partial charge in [-0.2, -0.15) is 9.47 Å². The van der Waals surface area contributed by atoms with Gasteiger partial charge < -0.3 is 5.32 Å². The van der Waals surface area contributed by atoms with Gasteiger partial charge in [0, 0.05) is 17.7 Å². The highest BCUT2D eigenvalue weighted by molar-refractivity contribution is 7.09. The highest BCUT2D eigenvalue weighted by atomic mass is 32.1. The number of aryl methyl sites for hydroxylation is 1. The van der Waals surface area contributed by atoms with Gasteiger partial charge in [-0.05, 0) is 6.92 Å². The van der Waals surface area contributed by atoms with E-state index >= 15 is 0 Å². The van der Waals surface area contributed by atoms with E-state index in [4.69, 9.17) is 0 Å². The standard InChI is InChI=1S/C6H7N5S/c1-4-9-6(12-11-4)10-5-2-7-8-3-5/h2-3H,1H3,(H,7,8)(H,9,10,11). The molecule has 2 aromatic heterocycles. The molecule has 0 aromatic carbocycles. The first-order valence-corrected chi connectivity index (χ1v) is 4.18. The Morgan fingerprint density at radius 1 is 1.58 bits per heavy atom. The summed E-state index contributed by atoms with van der Waals surface area (Å²) in [7, 11) is 0. The first kappa shape index (κ1) is 7.23. The molecule has 62 valence electrons. The van der Waals surface area contributed by atoms with Crippen LogP contribution < -0.4 is 5.32 Å². The number of H-pyrrole nitrogens is 1. The Morgan fingerprint density at radius 2 is 2.50 bits per heavy atom. The van der Waals surface area contributed by atoms with Crippen molar-refractivity contribution in [3.8, 4) is 0 Å². The second-order valence-corrected chi connectivity index (χ2v) is 3.01. The fraction of sp³-hybridized carbons (Fsp3) is 0.167. The van der Waals surface area contributed by atoms with E-state index in [0.29, 0.717) is 0 Å². The van der Waals surface area contributed by atoms with Gasteiger partial charge >= 0.3 is 0 Å². The summed E-state index contributed by atoms with van der Waals surface area (Å²) >= 11 is 1.33. The number of nitrogens with one attached hydrogen (secondary N) is 2. The lowest BCUT2D eigenvalue weighted by molar-refractivity contribution is 1.09. The van der Waals surface area contributed by atoms with Crippen LogP contribution in [0.4, 0.5) is 10.8 Å². The van der Waals surface area contributed by atoms with Crippen molar-refractivity contribution < 1.29 is 0 Å². The van der Waals surface area contributed by atoms with Crippen molar-refractivity contribution >= 4 is 22.4 Å². The van der Waals surface area contributed by atoms with E-state index in [1.165, 1.54) is 11.5 Å². The minimum atomic E-state index is 0.783. The van der Waals surface area contributed by atoms with Crippen molar-refractivity contribution in [2.45, 2.75) is 6.92 Å². The third kappa shape index (κ3) is 1.42. The summed E-state index contributed by atoms with van der Waals surface area (Å²) in [5, 5.41) is 10.3. The van der Waals surface area contributed by atoms with E-state index in [9.17, 15) is 0 Å². The Hall–Kier alpha value is -1.43. The van der Waals surface area contributed by atoms with Crippen LogP contribution in [0.1, 0.15) is 5.82 Å². The quantitative estimate of drug-likeness (QED) is 0.733. The van der Waals surface area contributed by atoms with Gasteiger partial charge in [0.1, 0.15) is 5.82 Å². The first-order chi connectivity index (χ1) is 5.84. The lowest BCUT2D eigenvalue weighted by atomic mass is 10.6. The van der Waals surface area contributed by atoms with Crippen molar-refractivity contribution in [1.29, 1.82) is 0 Å². The highest BCUT2D eigenvalue weighted by Crippen LogP contribution is 2.15. The zero-order valence-corrected chi connectivity index (χ0v) is 7.22. The Balaban J connectivity index is 2.14. The summed E-state index contributed by atoms with van der Waals surface area (Å²) in [6.45, 7) is 1.86. The molecule has 2 rings (SSSR count). The average Bonchev–Trinajstić information content (AvgIpc) is 2.63. The van der Waals surface area contributed by atoms with Crippen LogP contribution in [0.2, 0.25) is 0 Å². The maximum atomic E-state index is 4.14. The summed E-state index contributed by atoms with van der Waals surface area (Å²) in [4.78, 5) is 4.14. The van der Waals surface area contributed by atoms with Crippen LogP contribution in [-0.4, -0.2) is 19.6 Å². The summed E-state index contributed by atoms with van der Waals surface area (Å²) in [5.41, 5.74) is 0.895. The van der Waals surface area contributed by atoms with Gasteiger partial charge in [-0.3, -0.25) is 5.10 Å². The maximum absolute atomic E-state index is 4.14. The molecule has 2 N–H and O–H groups in total. The average molecular weight is 181 g/mol. The Morgan fingerprint density at radius 3 is 3.08 bits per heavy atom. The fourth-order valence-corrected chi connectivity index (χ4v) is 1.39. The van der Waals surface area contributed by atoms with Gasteiger partial charge in [0.15, 0.2) is 0 Å². The summed E-state index contributed by atoms with van der Waals surface area (Å²) < 4.78 is 4.03. The molecule has 0 aliphatic rings. The summed E-state index contributed by atoms with van der Waals surface area (Å²) in [6.07, 6.45) is 3.45. The molecule has 0 radical (unpaired) electrons. The fourth-order valence-electron chi connectivity index (χ4n) is 0.791. The molecule has 0 spiro atoms. The van der Waals surface area contributed by atoms with Gasteiger partial charge in [0.2, 0.25) is 5.13 Å². The van der Waals surface area contributed by atoms with Crippen LogP contribution in [0, 0.1) is 6.92 Å². The van der Waals surface area contributed by atoms with Crippen LogP contribution in [0.3, 0.4) is 0 Å². The predicted molar refractivity (Wildman–Crippen MR) is 46.5 cm³/mol. The van der Waals surface area contributed by atoms with Gasteiger partial charge in [-0.1, -0.05) is 0 Å². The number of aromatic amines is 1. The molecule has 0 saturated carbocycles. The Kier molecular flexibility index (Phi) is 1.75. The molecular formula is C6H7N5S. The Bertz CT molecular complexity index is 352. The molecule has 0 saturated heterocycles. The van der Waals surface area contributed by atoms with Gasteiger partial charge in [0.05, 0.1) is 11.9 Å². The molecule has 0 aliphatic heterocycles. The monoisotopic (exact) mass is 181 g/mol. The summed E-state index contributed by atoms with van der Waals surface area (Å²) in [6, 6.07) is 0. The number of anilines is 2. The summed E-state index contributed by atoms with van der Waals surface area (Å²) in [5.74, 6) is 0.783. The van der Waals surface area contributed by atoms with Gasteiger partial charge in [-0.25, -0.2) is 4.98 Å². The van der Waals surface area contributed by atoms with Crippen LogP contribution >= 0.6 is 11.5 Å². The minimum absolute atomic E-state index is 0.783. The highest BCUT2D eigenvalue weighted by Gasteiger charge is 1.99. The van der Waals surface area contributed by atoms with E-state index < -0.39 is 0 Å². The van der Waals surface area contributed by atoms with Crippen molar-refractivity contribution in [1.82, 2.24) is 19.6 Å². The van der Waals surface area contributed by atoms with E-state index in [0.717, 1.165) is 16.6 Å². The largest absolute Gasteiger partial charge is 0.328 e. The number of nitrogens with zero attached hydrogens (tertiary/aromatic N) is 3. The lowest BCUT2D eigenvalue weighted by Crippen LogP contribution is -1.86. The third-order valence-electron chi connectivity index (χ3n) is 1.28. The molecule has 12 heavy (non-hydrogen) atoms. The SMILES string of the molecule is Cc1nsc(Nc2cn[nH]c2)n1. The molecule has 0 fully saturated rings. The molecule has 2 aromatic rings. The smallest absolute Gasteiger partial charge is 0.207 e. The molecule has 0 bridgehead atoms. The zero-order valence-electron chi connectivity index (χ0n) is 6.40. The molecule has 0 unspecified atom stereocenters. The first-order valence-electron chi connectivity index (χ1n) is 3.41. The molecule has 6 heteroatoms. The normalized spacial score (nSPS) is 10.1. The van der Waals surface area contributed by atoms with Crippen molar-refractivity contribution in [2.24, 2.45) is 0 Å². The second-order valence-electron chi connectivity index (χ2n) is 2.26. The number of aromatic nitrogens is 4. The van der Waals surface area contributed by atoms with Crippen LogP contribution in [-0.2, 0) is 0 Å². The molecule has 0 amide bonds. The van der Waals surface area contributed by atoms with E-state index in [-0.39, 0.29) is 0 Å². The van der Waals surface area contributed by atoms with E-state index in [1.807, 2.05) is 6.92 Å². The van der Waals surface area contributed by atoms with Crippen molar-refractivity contribution in [2.75, 3.05) is 5.32 Å². The Labute approximate surface area is 73.0 Å². The molecular weight excluding hydrogens is 174 g/mol. The van der Waals surface area contributed by atoms with Gasteiger partial charge in [-0.15, -0.1) is 0 Å². The van der Waals surface area contributed by atoms with Crippen molar-refractivity contribution in [3.05, 3.63) is 18.2 Å². The molecule has 0 aliphatic carbocycles. The zero-order chi connectivity index (χ0) is 8.39. The van der Waals surface area contributed by atoms with Crippen molar-refractivity contribution in [3.63, 3.8) is 0 Å². The second kappa shape index (κ2) is 2.90. The van der Waals surface area contributed by atoms with Gasteiger partial charge in [0.25, 0.3) is 0 Å². The van der Waals surface area contributed by atoms with Crippen LogP contribution in [0.15, 0.2) is 12.4 Å². The number of rotatable bonds is 2. The lowest BCUT2D eigenvalue weighted by Gasteiger charge is -1.93. The topological polar surface area (TPSA) is 66.5 Å². The van der Waals surface area contributed by atoms with Crippen LogP contribution in [0.25, 0.3) is 0 Å². The molecule has 0 atom stereocenters. The predicted octanol–water partition coefficient (Wildman–Crippen LogP) is 1.31. The maximum Gasteiger partial charge on any atom is 0.207 e. The van der Waals surface area contributed by atoms with E-state index in [2.05, 4.69) is 24.9 Å². The molecule has 2 heterocycles. The molecule has 5 nitrogen and oxygen atoms in total. The number of hydrogen-bond acceptors (Lipinski definition) is 5. The number of hydrogen-bond donors (Lipinski definition) is 2. The van der Waals surface area contributed by atoms with E-state index in [1.54, 1.807) is 12.4 Å². The minimum Gasteiger partial charge on any atom is -0.328 e. The third-order valence-corrected chi connectivity index (χ3v) is 2.00. The van der Waals surface area contributed by atoms with Crippen LogP contribution in [0.5, 0.6) is 0 Å².